The molecular weight excluding hydrogens is 322 g/mol. The molecule has 132 valence electrons. The summed E-state index contributed by atoms with van der Waals surface area (Å²) in [6, 6.07) is 11.5. The van der Waals surface area contributed by atoms with E-state index in [1.165, 1.54) is 6.07 Å². The second-order valence-corrected chi connectivity index (χ2v) is 5.85. The predicted molar refractivity (Wildman–Crippen MR) is 94.1 cm³/mol. The maximum Gasteiger partial charge on any atom is 0.311 e. The highest BCUT2D eigenvalue weighted by Gasteiger charge is 2.25. The van der Waals surface area contributed by atoms with Crippen LogP contribution in [0.5, 0.6) is 5.75 Å². The standard InChI is InChI=1S/C19H21NO5/c1-3-10-25-18-9-8-14(11-13(18)2)16(19(21)22)12-15-6-4-5-7-17(15)20(23)24/h4-9,11,16H,3,10,12H2,1-2H3,(H,21,22). The molecule has 0 spiro atoms. The summed E-state index contributed by atoms with van der Waals surface area (Å²) in [5.41, 5.74) is 1.80. The van der Waals surface area contributed by atoms with Gasteiger partial charge in [-0.2, -0.15) is 0 Å². The van der Waals surface area contributed by atoms with Gasteiger partial charge in [0.05, 0.1) is 17.4 Å². The number of aliphatic carboxylic acids is 1. The molecule has 1 N–H and O–H groups in total. The van der Waals surface area contributed by atoms with E-state index in [0.29, 0.717) is 17.7 Å². The number of benzene rings is 2. The van der Waals surface area contributed by atoms with Gasteiger partial charge in [0.1, 0.15) is 5.75 Å². The minimum absolute atomic E-state index is 0.0566. The molecule has 0 aliphatic rings. The molecule has 25 heavy (non-hydrogen) atoms. The monoisotopic (exact) mass is 343 g/mol. The van der Waals surface area contributed by atoms with Gasteiger partial charge in [0.2, 0.25) is 0 Å². The SMILES string of the molecule is CCCOc1ccc(C(Cc2ccccc2[N+](=O)[O-])C(=O)O)cc1C. The maximum absolute atomic E-state index is 11.8. The molecule has 0 saturated carbocycles. The van der Waals surface area contributed by atoms with Crippen LogP contribution in [0.4, 0.5) is 5.69 Å². The molecule has 0 aliphatic heterocycles. The molecule has 0 radical (unpaired) electrons. The van der Waals surface area contributed by atoms with Crippen LogP contribution in [-0.4, -0.2) is 22.6 Å². The van der Waals surface area contributed by atoms with E-state index in [0.717, 1.165) is 17.7 Å². The third-order valence-corrected chi connectivity index (χ3v) is 3.97. The summed E-state index contributed by atoms with van der Waals surface area (Å²) in [5.74, 6) is -1.15. The number of nitro benzene ring substituents is 1. The van der Waals surface area contributed by atoms with Gasteiger partial charge in [-0.15, -0.1) is 0 Å². The molecule has 6 heteroatoms. The van der Waals surface area contributed by atoms with Crippen LogP contribution in [-0.2, 0) is 11.2 Å². The summed E-state index contributed by atoms with van der Waals surface area (Å²) in [5, 5.41) is 20.8. The zero-order valence-electron chi connectivity index (χ0n) is 14.3. The average Bonchev–Trinajstić information content (AvgIpc) is 2.58. The largest absolute Gasteiger partial charge is 0.493 e. The fourth-order valence-corrected chi connectivity index (χ4v) is 2.69. The van der Waals surface area contributed by atoms with E-state index >= 15 is 0 Å². The van der Waals surface area contributed by atoms with Crippen molar-refractivity contribution in [3.05, 3.63) is 69.3 Å². The van der Waals surface area contributed by atoms with E-state index in [9.17, 15) is 20.0 Å². The third kappa shape index (κ3) is 4.56. The Hall–Kier alpha value is -2.89. The molecule has 0 heterocycles. The van der Waals surface area contributed by atoms with Gasteiger partial charge in [-0.05, 0) is 37.0 Å². The zero-order chi connectivity index (χ0) is 18.4. The number of carboxylic acids is 1. The topological polar surface area (TPSA) is 89.7 Å². The van der Waals surface area contributed by atoms with Gasteiger partial charge in [0, 0.05) is 11.6 Å². The van der Waals surface area contributed by atoms with E-state index in [1.807, 2.05) is 13.8 Å². The number of carbonyl (C=O) groups is 1. The van der Waals surface area contributed by atoms with Crippen molar-refractivity contribution in [3.63, 3.8) is 0 Å². The minimum Gasteiger partial charge on any atom is -0.493 e. The van der Waals surface area contributed by atoms with Gasteiger partial charge in [0.25, 0.3) is 5.69 Å². The van der Waals surface area contributed by atoms with Crippen LogP contribution in [0, 0.1) is 17.0 Å². The summed E-state index contributed by atoms with van der Waals surface area (Å²) >= 11 is 0. The molecule has 6 nitrogen and oxygen atoms in total. The molecule has 0 amide bonds. The van der Waals surface area contributed by atoms with Crippen molar-refractivity contribution < 1.29 is 19.6 Å². The van der Waals surface area contributed by atoms with Crippen molar-refractivity contribution in [1.82, 2.24) is 0 Å². The highest BCUT2D eigenvalue weighted by Crippen LogP contribution is 2.29. The molecular formula is C19H21NO5. The fourth-order valence-electron chi connectivity index (χ4n) is 2.69. The Morgan fingerprint density at radius 1 is 1.28 bits per heavy atom. The molecule has 2 aromatic carbocycles. The van der Waals surface area contributed by atoms with Crippen LogP contribution >= 0.6 is 0 Å². The van der Waals surface area contributed by atoms with Crippen LogP contribution < -0.4 is 4.74 Å². The molecule has 0 bridgehead atoms. The first-order valence-electron chi connectivity index (χ1n) is 8.12. The van der Waals surface area contributed by atoms with Crippen LogP contribution in [0.2, 0.25) is 0 Å². The van der Waals surface area contributed by atoms with Gasteiger partial charge >= 0.3 is 5.97 Å². The Kier molecular flexibility index (Phi) is 6.11. The van der Waals surface area contributed by atoms with Crippen molar-refractivity contribution in [1.29, 1.82) is 0 Å². The number of ether oxygens (including phenoxy) is 1. The van der Waals surface area contributed by atoms with E-state index in [2.05, 4.69) is 0 Å². The Morgan fingerprint density at radius 3 is 2.60 bits per heavy atom. The molecule has 1 atom stereocenters. The summed E-state index contributed by atoms with van der Waals surface area (Å²) in [6.07, 6.45) is 0.942. The number of hydrogen-bond acceptors (Lipinski definition) is 4. The van der Waals surface area contributed by atoms with Gasteiger partial charge in [-0.1, -0.05) is 37.3 Å². The van der Waals surface area contributed by atoms with Crippen LogP contribution in [0.25, 0.3) is 0 Å². The lowest BCUT2D eigenvalue weighted by atomic mass is 9.90. The first-order chi connectivity index (χ1) is 11.9. The Morgan fingerprint density at radius 2 is 2.00 bits per heavy atom. The highest BCUT2D eigenvalue weighted by molar-refractivity contribution is 5.77. The number of nitrogens with zero attached hydrogens (tertiary/aromatic N) is 1. The normalized spacial score (nSPS) is 11.8. The summed E-state index contributed by atoms with van der Waals surface area (Å²) in [6.45, 7) is 4.47. The average molecular weight is 343 g/mol. The highest BCUT2D eigenvalue weighted by atomic mass is 16.6. The van der Waals surface area contributed by atoms with E-state index in [1.54, 1.807) is 36.4 Å². The van der Waals surface area contributed by atoms with Gasteiger partial charge in [0.15, 0.2) is 0 Å². The lowest BCUT2D eigenvalue weighted by Gasteiger charge is -2.16. The Labute approximate surface area is 146 Å². The minimum atomic E-state index is -1.01. The molecule has 0 fully saturated rings. The molecule has 2 aromatic rings. The van der Waals surface area contributed by atoms with Gasteiger partial charge in [-0.25, -0.2) is 0 Å². The smallest absolute Gasteiger partial charge is 0.311 e. The first-order valence-corrected chi connectivity index (χ1v) is 8.12. The summed E-state index contributed by atoms with van der Waals surface area (Å²) < 4.78 is 5.61. The van der Waals surface area contributed by atoms with Crippen molar-refractivity contribution in [2.24, 2.45) is 0 Å². The van der Waals surface area contributed by atoms with Crippen molar-refractivity contribution in [3.8, 4) is 5.75 Å². The predicted octanol–water partition coefficient (Wildman–Crippen LogP) is 4.10. The fraction of sp³-hybridized carbons (Fsp3) is 0.316. The number of nitro groups is 1. The molecule has 1 unspecified atom stereocenters. The number of hydrogen-bond donors (Lipinski definition) is 1. The molecule has 0 aliphatic carbocycles. The van der Waals surface area contributed by atoms with E-state index in [-0.39, 0.29) is 12.1 Å². The summed E-state index contributed by atoms with van der Waals surface area (Å²) in [7, 11) is 0. The number of para-hydroxylation sites is 1. The molecule has 2 rings (SSSR count). The van der Waals surface area contributed by atoms with Crippen molar-refractivity contribution in [2.45, 2.75) is 32.6 Å². The Bertz CT molecular complexity index is 772. The van der Waals surface area contributed by atoms with Crippen LogP contribution in [0.1, 0.15) is 36.0 Å². The van der Waals surface area contributed by atoms with E-state index in [4.69, 9.17) is 4.74 Å². The molecule has 0 saturated heterocycles. The third-order valence-electron chi connectivity index (χ3n) is 3.97. The van der Waals surface area contributed by atoms with Crippen molar-refractivity contribution in [2.75, 3.05) is 6.61 Å². The quantitative estimate of drug-likeness (QED) is 0.575. The zero-order valence-corrected chi connectivity index (χ0v) is 14.3. The number of aryl methyl sites for hydroxylation is 1. The van der Waals surface area contributed by atoms with Crippen molar-refractivity contribution >= 4 is 11.7 Å². The number of rotatable bonds is 8. The second-order valence-electron chi connectivity index (χ2n) is 5.85. The maximum atomic E-state index is 11.8. The lowest BCUT2D eigenvalue weighted by molar-refractivity contribution is -0.385. The van der Waals surface area contributed by atoms with Crippen LogP contribution in [0.3, 0.4) is 0 Å². The Balaban J connectivity index is 2.32. The second kappa shape index (κ2) is 8.28. The summed E-state index contributed by atoms with van der Waals surface area (Å²) in [4.78, 5) is 22.4. The van der Waals surface area contributed by atoms with Crippen LogP contribution in [0.15, 0.2) is 42.5 Å². The van der Waals surface area contributed by atoms with E-state index < -0.39 is 16.8 Å². The van der Waals surface area contributed by atoms with Gasteiger partial charge in [-0.3, -0.25) is 14.9 Å². The van der Waals surface area contributed by atoms with Gasteiger partial charge < -0.3 is 9.84 Å². The first kappa shape index (κ1) is 18.4. The molecule has 0 aromatic heterocycles. The number of carboxylic acid groups (broad SMARTS) is 1. The lowest BCUT2D eigenvalue weighted by Crippen LogP contribution is -2.15.